The van der Waals surface area contributed by atoms with Gasteiger partial charge in [-0.15, -0.1) is 0 Å². The highest BCUT2D eigenvalue weighted by atomic mass is 79.9. The van der Waals surface area contributed by atoms with Gasteiger partial charge in [-0.2, -0.15) is 0 Å². The lowest BCUT2D eigenvalue weighted by atomic mass is 9.76. The molecule has 0 radical (unpaired) electrons. The summed E-state index contributed by atoms with van der Waals surface area (Å²) in [6.45, 7) is 2.65. The summed E-state index contributed by atoms with van der Waals surface area (Å²) in [6.07, 6.45) is 0.480. The molecule has 1 aromatic heterocycles. The van der Waals surface area contributed by atoms with Crippen LogP contribution in [-0.2, 0) is 21.5 Å². The molecule has 0 aliphatic carbocycles. The van der Waals surface area contributed by atoms with Gasteiger partial charge in [0, 0.05) is 34.4 Å². The molecule has 2 amide bonds. The Bertz CT molecular complexity index is 1500. The quantitative estimate of drug-likeness (QED) is 0.376. The monoisotopic (exact) mass is 545 g/mol. The normalized spacial score (nSPS) is 21.6. The summed E-state index contributed by atoms with van der Waals surface area (Å²) in [5, 5.41) is 1.07. The Morgan fingerprint density at radius 2 is 1.83 bits per heavy atom. The minimum atomic E-state index is -1.14. The number of para-hydroxylation sites is 1. The van der Waals surface area contributed by atoms with Crippen LogP contribution in [0, 0.1) is 5.82 Å². The number of carbonyl (C=O) groups is 2. The van der Waals surface area contributed by atoms with Crippen molar-refractivity contribution in [3.05, 3.63) is 105 Å². The first-order valence-corrected chi connectivity index (χ1v) is 12.9. The van der Waals surface area contributed by atoms with Crippen molar-refractivity contribution in [3.8, 4) is 0 Å². The van der Waals surface area contributed by atoms with Gasteiger partial charge in [-0.3, -0.25) is 9.59 Å². The first-order chi connectivity index (χ1) is 17.4. The van der Waals surface area contributed by atoms with Crippen LogP contribution in [0.1, 0.15) is 35.2 Å². The highest BCUT2D eigenvalue weighted by Gasteiger charge is 2.56. The van der Waals surface area contributed by atoms with Gasteiger partial charge in [0.15, 0.2) is 5.54 Å². The fraction of sp³-hybridized carbons (Fsp3) is 0.241. The molecule has 5 nitrogen and oxygen atoms in total. The average Bonchev–Trinajstić information content (AvgIpc) is 3.27. The number of hydrogen-bond acceptors (Lipinski definition) is 2. The van der Waals surface area contributed by atoms with Crippen LogP contribution >= 0.6 is 15.9 Å². The first-order valence-electron chi connectivity index (χ1n) is 12.1. The Morgan fingerprint density at radius 3 is 2.61 bits per heavy atom. The standard InChI is InChI=1S/C29H25BrFN3O2/c1-29-27-26(22-7-2-3-8-24(22)32-27)23(19-9-11-20(30)12-10-19)16-34(29)25(35)17-33(28(29)36)14-13-18-5-4-6-21(31)15-18/h2-12,15,23,32H,13-14,16-17H2,1H3/t23-,29-/m0/s1. The van der Waals surface area contributed by atoms with E-state index in [1.165, 1.54) is 12.1 Å². The molecule has 182 valence electrons. The van der Waals surface area contributed by atoms with E-state index in [9.17, 15) is 14.0 Å². The highest BCUT2D eigenvalue weighted by Crippen LogP contribution is 2.48. The zero-order chi connectivity index (χ0) is 25.0. The minimum Gasteiger partial charge on any atom is -0.356 e. The largest absolute Gasteiger partial charge is 0.356 e. The van der Waals surface area contributed by atoms with Crippen LogP contribution in [0.4, 0.5) is 4.39 Å². The van der Waals surface area contributed by atoms with Crippen molar-refractivity contribution in [2.75, 3.05) is 19.6 Å². The third-order valence-corrected chi connectivity index (χ3v) is 8.18. The van der Waals surface area contributed by atoms with Crippen LogP contribution < -0.4 is 0 Å². The highest BCUT2D eigenvalue weighted by molar-refractivity contribution is 9.10. The van der Waals surface area contributed by atoms with Crippen LogP contribution in [0.3, 0.4) is 0 Å². The summed E-state index contributed by atoms with van der Waals surface area (Å²) in [4.78, 5) is 34.5. The lowest BCUT2D eigenvalue weighted by Crippen LogP contribution is -2.67. The Morgan fingerprint density at radius 1 is 1.06 bits per heavy atom. The van der Waals surface area contributed by atoms with Gasteiger partial charge in [0.05, 0.1) is 12.2 Å². The molecule has 3 heterocycles. The number of amides is 2. The maximum Gasteiger partial charge on any atom is 0.254 e. The number of hydrogen-bond donors (Lipinski definition) is 1. The third-order valence-electron chi connectivity index (χ3n) is 7.65. The first kappa shape index (κ1) is 23.0. The lowest BCUT2D eigenvalue weighted by molar-refractivity contribution is -0.166. The Labute approximate surface area is 217 Å². The number of carbonyl (C=O) groups excluding carboxylic acids is 2. The molecule has 1 fully saturated rings. The molecule has 0 spiro atoms. The van der Waals surface area contributed by atoms with E-state index >= 15 is 0 Å². The second-order valence-electron chi connectivity index (χ2n) is 9.75. The van der Waals surface area contributed by atoms with E-state index in [-0.39, 0.29) is 30.1 Å². The van der Waals surface area contributed by atoms with Crippen LogP contribution in [0.2, 0.25) is 0 Å². The molecule has 0 unspecified atom stereocenters. The second kappa shape index (κ2) is 8.59. The maximum absolute atomic E-state index is 14.1. The molecule has 1 N–H and O–H groups in total. The number of nitrogens with one attached hydrogen (secondary N) is 1. The summed E-state index contributed by atoms with van der Waals surface area (Å²) in [5.41, 5.74) is 3.55. The number of aromatic amines is 1. The molecule has 6 rings (SSSR count). The predicted molar refractivity (Wildman–Crippen MR) is 140 cm³/mol. The van der Waals surface area contributed by atoms with Crippen molar-refractivity contribution < 1.29 is 14.0 Å². The van der Waals surface area contributed by atoms with E-state index in [2.05, 4.69) is 39.1 Å². The molecule has 0 bridgehead atoms. The van der Waals surface area contributed by atoms with Crippen molar-refractivity contribution in [1.29, 1.82) is 0 Å². The van der Waals surface area contributed by atoms with Crippen molar-refractivity contribution in [1.82, 2.24) is 14.8 Å². The Kier molecular flexibility index (Phi) is 5.48. The molecule has 0 saturated carbocycles. The van der Waals surface area contributed by atoms with Crippen LogP contribution in [0.15, 0.2) is 77.3 Å². The Balaban J connectivity index is 1.43. The number of halogens is 2. The van der Waals surface area contributed by atoms with E-state index in [0.717, 1.165) is 37.8 Å². The Hall–Kier alpha value is -3.45. The number of aromatic nitrogens is 1. The van der Waals surface area contributed by atoms with Crippen LogP contribution in [0.25, 0.3) is 10.9 Å². The van der Waals surface area contributed by atoms with Gasteiger partial charge >= 0.3 is 0 Å². The maximum atomic E-state index is 14.1. The van der Waals surface area contributed by atoms with Gasteiger partial charge in [0.25, 0.3) is 5.91 Å². The smallest absolute Gasteiger partial charge is 0.254 e. The summed E-state index contributed by atoms with van der Waals surface area (Å²) in [5.74, 6) is -0.558. The van der Waals surface area contributed by atoms with Crippen molar-refractivity contribution in [3.63, 3.8) is 0 Å². The number of piperazine rings is 1. The van der Waals surface area contributed by atoms with Gasteiger partial charge in [-0.05, 0) is 60.4 Å². The van der Waals surface area contributed by atoms with Gasteiger partial charge in [-0.1, -0.05) is 58.4 Å². The van der Waals surface area contributed by atoms with Gasteiger partial charge < -0.3 is 14.8 Å². The van der Waals surface area contributed by atoms with Crippen molar-refractivity contribution in [2.45, 2.75) is 24.8 Å². The topological polar surface area (TPSA) is 56.4 Å². The number of rotatable bonds is 4. The van der Waals surface area contributed by atoms with E-state index < -0.39 is 5.54 Å². The van der Waals surface area contributed by atoms with E-state index in [1.807, 2.05) is 43.3 Å². The number of nitrogens with zero attached hydrogens (tertiary/aromatic N) is 2. The number of benzene rings is 3. The number of fused-ring (bicyclic) bond motifs is 5. The third kappa shape index (κ3) is 3.56. The van der Waals surface area contributed by atoms with Gasteiger partial charge in [0.2, 0.25) is 5.91 Å². The van der Waals surface area contributed by atoms with E-state index in [0.29, 0.717) is 19.5 Å². The van der Waals surface area contributed by atoms with Crippen molar-refractivity contribution in [2.24, 2.45) is 0 Å². The van der Waals surface area contributed by atoms with Gasteiger partial charge in [0.1, 0.15) is 5.82 Å². The average molecular weight is 546 g/mol. The zero-order valence-electron chi connectivity index (χ0n) is 19.8. The zero-order valence-corrected chi connectivity index (χ0v) is 21.4. The van der Waals surface area contributed by atoms with E-state index in [1.54, 1.807) is 15.9 Å². The molecule has 7 heteroatoms. The molecular weight excluding hydrogens is 521 g/mol. The molecule has 2 aliphatic rings. The molecule has 2 aliphatic heterocycles. The minimum absolute atomic E-state index is 0.0202. The lowest BCUT2D eigenvalue weighted by Gasteiger charge is -2.51. The second-order valence-corrected chi connectivity index (χ2v) is 10.7. The molecular formula is C29H25BrFN3O2. The SMILES string of the molecule is C[C@]12C(=O)N(CCc3cccc(F)c3)CC(=O)N1C[C@@H](c1ccc(Br)cc1)c1c2[nH]c2ccccc12. The van der Waals surface area contributed by atoms with Crippen LogP contribution in [-0.4, -0.2) is 46.2 Å². The summed E-state index contributed by atoms with van der Waals surface area (Å²) in [6, 6.07) is 22.6. The van der Waals surface area contributed by atoms with Crippen LogP contribution in [0.5, 0.6) is 0 Å². The molecule has 3 aromatic carbocycles. The summed E-state index contributed by atoms with van der Waals surface area (Å²) < 4.78 is 14.7. The fourth-order valence-corrected chi connectivity index (χ4v) is 6.07. The summed E-state index contributed by atoms with van der Waals surface area (Å²) in [7, 11) is 0. The van der Waals surface area contributed by atoms with Crippen molar-refractivity contribution >= 4 is 38.6 Å². The van der Waals surface area contributed by atoms with E-state index in [4.69, 9.17) is 0 Å². The molecule has 2 atom stereocenters. The summed E-state index contributed by atoms with van der Waals surface area (Å²) >= 11 is 3.52. The van der Waals surface area contributed by atoms with Gasteiger partial charge in [-0.25, -0.2) is 4.39 Å². The molecule has 36 heavy (non-hydrogen) atoms. The molecule has 4 aromatic rings. The number of H-pyrrole nitrogens is 1. The molecule has 1 saturated heterocycles. The predicted octanol–water partition coefficient (Wildman–Crippen LogP) is 5.34. The fourth-order valence-electron chi connectivity index (χ4n) is 5.81.